The number of rotatable bonds is 7. The third kappa shape index (κ3) is 5.62. The van der Waals surface area contributed by atoms with Gasteiger partial charge in [0.25, 0.3) is 11.7 Å². The molecule has 210 valence electrons. The Bertz CT molecular complexity index is 1480. The molecule has 1 aliphatic rings. The van der Waals surface area contributed by atoms with E-state index in [9.17, 15) is 14.7 Å². The molecule has 0 aliphatic carbocycles. The van der Waals surface area contributed by atoms with Gasteiger partial charge in [-0.2, -0.15) is 0 Å². The van der Waals surface area contributed by atoms with Crippen molar-refractivity contribution >= 4 is 23.1 Å². The van der Waals surface area contributed by atoms with Gasteiger partial charge in [-0.3, -0.25) is 14.5 Å². The van der Waals surface area contributed by atoms with Crippen molar-refractivity contribution in [1.29, 1.82) is 0 Å². The number of aliphatic hydroxyl groups excluding tert-OH is 1. The van der Waals surface area contributed by atoms with E-state index in [0.29, 0.717) is 29.2 Å². The molecule has 3 aromatic rings. The summed E-state index contributed by atoms with van der Waals surface area (Å²) in [6, 6.07) is 17.6. The van der Waals surface area contributed by atoms with Gasteiger partial charge in [0.05, 0.1) is 24.3 Å². The number of ketones is 1. The Kier molecular flexibility index (Phi) is 8.10. The SMILES string of the molecule is CCOc1ccc(/C(O)=C2\C(=O)C(=O)N(c3ccc(C)c(C)c3)C2c2cccc(OC(C)C)c2)cc1C(C)(C)C. The summed E-state index contributed by atoms with van der Waals surface area (Å²) in [4.78, 5) is 28.8. The highest BCUT2D eigenvalue weighted by Crippen LogP contribution is 2.44. The number of hydrogen-bond acceptors (Lipinski definition) is 5. The first kappa shape index (κ1) is 28.9. The van der Waals surface area contributed by atoms with Gasteiger partial charge in [0, 0.05) is 16.8 Å². The Labute approximate surface area is 237 Å². The standard InChI is InChI=1S/C34H39NO5/c1-9-39-28-16-14-24(19-27(28)34(6,7)8)31(36)29-30(23-11-10-12-26(18-23)40-20(2)3)35(33(38)32(29)37)25-15-13-21(4)22(5)17-25/h10-20,30,36H,9H2,1-8H3/b31-29+. The molecule has 3 aromatic carbocycles. The van der Waals surface area contributed by atoms with Crippen molar-refractivity contribution in [3.63, 3.8) is 0 Å². The molecule has 0 spiro atoms. The predicted octanol–water partition coefficient (Wildman–Crippen LogP) is 7.41. The number of anilines is 1. The Morgan fingerprint density at radius 3 is 2.33 bits per heavy atom. The molecule has 1 amide bonds. The quantitative estimate of drug-likeness (QED) is 0.191. The molecule has 1 heterocycles. The van der Waals surface area contributed by atoms with E-state index in [2.05, 4.69) is 20.8 Å². The Hall–Kier alpha value is -4.06. The number of amides is 1. The van der Waals surface area contributed by atoms with Gasteiger partial charge in [0.1, 0.15) is 17.3 Å². The number of aliphatic hydroxyl groups is 1. The van der Waals surface area contributed by atoms with E-state index in [4.69, 9.17) is 9.47 Å². The van der Waals surface area contributed by atoms with Crippen molar-refractivity contribution < 1.29 is 24.2 Å². The average molecular weight is 542 g/mol. The highest BCUT2D eigenvalue weighted by atomic mass is 16.5. The molecular formula is C34H39NO5. The van der Waals surface area contributed by atoms with Gasteiger partial charge < -0.3 is 14.6 Å². The highest BCUT2D eigenvalue weighted by molar-refractivity contribution is 6.51. The van der Waals surface area contributed by atoms with Crippen molar-refractivity contribution in [2.45, 2.75) is 73.0 Å². The van der Waals surface area contributed by atoms with Crippen LogP contribution >= 0.6 is 0 Å². The molecule has 6 heteroatoms. The van der Waals surface area contributed by atoms with E-state index in [1.165, 1.54) is 4.90 Å². The monoisotopic (exact) mass is 541 g/mol. The van der Waals surface area contributed by atoms with E-state index in [1.807, 2.05) is 89.2 Å². The lowest BCUT2D eigenvalue weighted by atomic mass is 9.84. The summed E-state index contributed by atoms with van der Waals surface area (Å²) in [5.74, 6) is -0.307. The van der Waals surface area contributed by atoms with E-state index in [-0.39, 0.29) is 22.9 Å². The summed E-state index contributed by atoms with van der Waals surface area (Å²) in [5.41, 5.74) is 4.43. The summed E-state index contributed by atoms with van der Waals surface area (Å²) in [6.07, 6.45) is -0.0546. The third-order valence-electron chi connectivity index (χ3n) is 7.12. The Morgan fingerprint density at radius 2 is 1.70 bits per heavy atom. The zero-order chi connectivity index (χ0) is 29.4. The third-order valence-corrected chi connectivity index (χ3v) is 7.12. The lowest BCUT2D eigenvalue weighted by Gasteiger charge is -2.27. The van der Waals surface area contributed by atoms with Crippen LogP contribution in [0.1, 0.15) is 75.4 Å². The lowest BCUT2D eigenvalue weighted by molar-refractivity contribution is -0.132. The van der Waals surface area contributed by atoms with Crippen LogP contribution in [0.25, 0.3) is 5.76 Å². The van der Waals surface area contributed by atoms with Crippen molar-refractivity contribution in [3.8, 4) is 11.5 Å². The number of benzene rings is 3. The van der Waals surface area contributed by atoms with Crippen LogP contribution in [-0.4, -0.2) is 29.5 Å². The first-order valence-corrected chi connectivity index (χ1v) is 13.8. The minimum atomic E-state index is -0.845. The van der Waals surface area contributed by atoms with Gasteiger partial charge in [-0.05, 0) is 99.2 Å². The van der Waals surface area contributed by atoms with Crippen LogP contribution in [-0.2, 0) is 15.0 Å². The maximum absolute atomic E-state index is 13.7. The molecule has 0 saturated carbocycles. The van der Waals surface area contributed by atoms with Crippen molar-refractivity contribution in [3.05, 3.63) is 94.1 Å². The summed E-state index contributed by atoms with van der Waals surface area (Å²) in [6.45, 7) is 16.5. The summed E-state index contributed by atoms with van der Waals surface area (Å²) in [5, 5.41) is 11.7. The Balaban J connectivity index is 1.96. The van der Waals surface area contributed by atoms with Crippen LogP contribution in [0.2, 0.25) is 0 Å². The molecule has 0 radical (unpaired) electrons. The lowest BCUT2D eigenvalue weighted by Crippen LogP contribution is -2.29. The minimum Gasteiger partial charge on any atom is -0.507 e. The second-order valence-corrected chi connectivity index (χ2v) is 11.6. The Morgan fingerprint density at radius 1 is 0.975 bits per heavy atom. The normalized spacial score (nSPS) is 17.0. The summed E-state index contributed by atoms with van der Waals surface area (Å²) in [7, 11) is 0. The van der Waals surface area contributed by atoms with Crippen LogP contribution in [0, 0.1) is 13.8 Å². The first-order valence-electron chi connectivity index (χ1n) is 13.8. The van der Waals surface area contributed by atoms with Gasteiger partial charge in [0.2, 0.25) is 0 Å². The van der Waals surface area contributed by atoms with Gasteiger partial charge in [-0.25, -0.2) is 0 Å². The molecule has 40 heavy (non-hydrogen) atoms. The number of hydrogen-bond donors (Lipinski definition) is 1. The van der Waals surface area contributed by atoms with Crippen LogP contribution < -0.4 is 14.4 Å². The number of aryl methyl sites for hydroxylation is 2. The molecule has 0 bridgehead atoms. The topological polar surface area (TPSA) is 76.1 Å². The zero-order valence-electron chi connectivity index (χ0n) is 24.7. The molecule has 1 N–H and O–H groups in total. The fourth-order valence-corrected chi connectivity index (χ4v) is 5.02. The van der Waals surface area contributed by atoms with E-state index < -0.39 is 17.7 Å². The molecule has 1 unspecified atom stereocenters. The first-order chi connectivity index (χ1) is 18.8. The van der Waals surface area contributed by atoms with Gasteiger partial charge in [-0.1, -0.05) is 39.0 Å². The van der Waals surface area contributed by atoms with E-state index in [0.717, 1.165) is 22.4 Å². The van der Waals surface area contributed by atoms with E-state index >= 15 is 0 Å². The zero-order valence-corrected chi connectivity index (χ0v) is 24.7. The van der Waals surface area contributed by atoms with Gasteiger partial charge >= 0.3 is 0 Å². The van der Waals surface area contributed by atoms with Crippen LogP contribution in [0.4, 0.5) is 5.69 Å². The number of ether oxygens (including phenoxy) is 2. The largest absolute Gasteiger partial charge is 0.507 e. The summed E-state index contributed by atoms with van der Waals surface area (Å²) >= 11 is 0. The van der Waals surface area contributed by atoms with Crippen LogP contribution in [0.5, 0.6) is 11.5 Å². The fraction of sp³-hybridized carbons (Fsp3) is 0.353. The molecule has 4 rings (SSSR count). The smallest absolute Gasteiger partial charge is 0.300 e. The van der Waals surface area contributed by atoms with Gasteiger partial charge in [-0.15, -0.1) is 0 Å². The predicted molar refractivity (Wildman–Crippen MR) is 159 cm³/mol. The van der Waals surface area contributed by atoms with Crippen LogP contribution in [0.15, 0.2) is 66.2 Å². The molecule has 1 aliphatic heterocycles. The highest BCUT2D eigenvalue weighted by Gasteiger charge is 2.47. The minimum absolute atomic E-state index is 0.0361. The maximum Gasteiger partial charge on any atom is 0.300 e. The maximum atomic E-state index is 13.7. The van der Waals surface area contributed by atoms with Crippen molar-refractivity contribution in [2.75, 3.05) is 11.5 Å². The second kappa shape index (κ2) is 11.2. The fourth-order valence-electron chi connectivity index (χ4n) is 5.02. The second-order valence-electron chi connectivity index (χ2n) is 11.6. The van der Waals surface area contributed by atoms with E-state index in [1.54, 1.807) is 6.07 Å². The van der Waals surface area contributed by atoms with Crippen molar-refractivity contribution in [2.24, 2.45) is 0 Å². The summed E-state index contributed by atoms with van der Waals surface area (Å²) < 4.78 is 11.8. The number of nitrogens with zero attached hydrogens (tertiary/aromatic N) is 1. The van der Waals surface area contributed by atoms with Crippen LogP contribution in [0.3, 0.4) is 0 Å². The van der Waals surface area contributed by atoms with Crippen molar-refractivity contribution in [1.82, 2.24) is 0 Å². The van der Waals surface area contributed by atoms with Gasteiger partial charge in [0.15, 0.2) is 0 Å². The molecule has 1 saturated heterocycles. The molecular weight excluding hydrogens is 502 g/mol. The molecule has 6 nitrogen and oxygen atoms in total. The number of Topliss-reactive ketones (excluding diaryl/α,β-unsaturated/α-hetero) is 1. The molecule has 0 aromatic heterocycles. The number of carbonyl (C=O) groups is 2. The number of carbonyl (C=O) groups excluding carboxylic acids is 2. The molecule has 1 fully saturated rings. The average Bonchev–Trinajstić information content (AvgIpc) is 3.15. The molecule has 1 atom stereocenters.